The molecule has 1 aliphatic heterocycles. The summed E-state index contributed by atoms with van der Waals surface area (Å²) in [5.74, 6) is 0.930. The number of carbonyl (C=O) groups excluding carboxylic acids is 1. The predicted octanol–water partition coefficient (Wildman–Crippen LogP) is 4.77. The second kappa shape index (κ2) is 10.7. The van der Waals surface area contributed by atoms with Crippen molar-refractivity contribution in [3.63, 3.8) is 0 Å². The molecule has 3 aromatic rings. The van der Waals surface area contributed by atoms with Gasteiger partial charge in [-0.25, -0.2) is 4.98 Å². The lowest BCUT2D eigenvalue weighted by atomic mass is 9.80. The van der Waals surface area contributed by atoms with Crippen LogP contribution in [0.3, 0.4) is 0 Å². The number of carbonyl (C=O) groups is 1. The number of rotatable bonds is 5. The van der Waals surface area contributed by atoms with E-state index in [0.29, 0.717) is 23.2 Å². The fraction of sp³-hybridized carbons (Fsp3) is 0.370. The third-order valence-electron chi connectivity index (χ3n) is 7.00. The molecule has 1 unspecified atom stereocenters. The summed E-state index contributed by atoms with van der Waals surface area (Å²) in [6.45, 7) is 9.14. The first kappa shape index (κ1) is 25.1. The van der Waals surface area contributed by atoms with Crippen LogP contribution >= 0.6 is 0 Å². The molecule has 1 atom stereocenters. The number of nitrogens with two attached hydrogens (primary N) is 1. The molecule has 9 heteroatoms. The molecule has 3 N–H and O–H groups in total. The average Bonchev–Trinajstić information content (AvgIpc) is 2.93. The Labute approximate surface area is 212 Å². The molecule has 0 spiro atoms. The first-order valence-corrected chi connectivity index (χ1v) is 12.4. The maximum Gasteiger partial charge on any atom is 0.253 e. The number of hydrazone groups is 1. The Morgan fingerprint density at radius 2 is 2.11 bits per heavy atom. The highest BCUT2D eigenvalue weighted by Gasteiger charge is 2.35. The van der Waals surface area contributed by atoms with E-state index in [1.54, 1.807) is 24.3 Å². The van der Waals surface area contributed by atoms with E-state index in [2.05, 4.69) is 33.9 Å². The summed E-state index contributed by atoms with van der Waals surface area (Å²) in [7, 11) is 1.79. The summed E-state index contributed by atoms with van der Waals surface area (Å²) in [5.41, 5.74) is 8.14. The molecule has 0 saturated heterocycles. The summed E-state index contributed by atoms with van der Waals surface area (Å²) in [6, 6.07) is 9.68. The number of nitrogens with one attached hydrogen (secondary N) is 1. The summed E-state index contributed by atoms with van der Waals surface area (Å²) >= 11 is 0. The minimum absolute atomic E-state index is 0.0656. The van der Waals surface area contributed by atoms with Gasteiger partial charge in [-0.2, -0.15) is 15.1 Å². The van der Waals surface area contributed by atoms with E-state index in [4.69, 9.17) is 10.7 Å². The second-order valence-electron chi connectivity index (χ2n) is 9.32. The Morgan fingerprint density at radius 1 is 1.28 bits per heavy atom. The summed E-state index contributed by atoms with van der Waals surface area (Å²) in [5, 5.41) is 10.2. The normalized spacial score (nSPS) is 19.0. The van der Waals surface area contributed by atoms with Crippen molar-refractivity contribution in [2.45, 2.75) is 46.0 Å². The van der Waals surface area contributed by atoms with Gasteiger partial charge in [0.2, 0.25) is 5.91 Å². The number of hydrogen-bond acceptors (Lipinski definition) is 7. The molecule has 4 rings (SSSR count). The van der Waals surface area contributed by atoms with Crippen LogP contribution in [0.2, 0.25) is 0 Å². The van der Waals surface area contributed by atoms with Crippen LogP contribution in [0.1, 0.15) is 51.5 Å². The van der Waals surface area contributed by atoms with Crippen molar-refractivity contribution in [3.05, 3.63) is 54.9 Å². The molecule has 0 fully saturated rings. The van der Waals surface area contributed by atoms with Gasteiger partial charge in [0, 0.05) is 36.2 Å². The van der Waals surface area contributed by atoms with Crippen LogP contribution in [0.25, 0.3) is 16.6 Å². The van der Waals surface area contributed by atoms with Crippen molar-refractivity contribution < 1.29 is 4.79 Å². The minimum atomic E-state index is -0.429. The second-order valence-corrected chi connectivity index (χ2v) is 9.32. The molecular weight excluding hydrogens is 452 g/mol. The highest BCUT2D eigenvalue weighted by atomic mass is 16.2. The first-order chi connectivity index (χ1) is 17.4. The number of anilines is 3. The Morgan fingerprint density at radius 3 is 2.89 bits per heavy atom. The van der Waals surface area contributed by atoms with Gasteiger partial charge in [0.25, 0.3) is 5.95 Å². The van der Waals surface area contributed by atoms with Gasteiger partial charge < -0.3 is 16.0 Å². The molecule has 0 aliphatic carbocycles. The zero-order valence-corrected chi connectivity index (χ0v) is 21.2. The topological polar surface area (TPSA) is 113 Å². The molecule has 36 heavy (non-hydrogen) atoms. The number of hydrogen-bond donors (Lipinski definition) is 2. The van der Waals surface area contributed by atoms with Crippen molar-refractivity contribution in [3.8, 4) is 0 Å². The van der Waals surface area contributed by atoms with Gasteiger partial charge in [-0.05, 0) is 31.4 Å². The van der Waals surface area contributed by atoms with E-state index >= 15 is 0 Å². The van der Waals surface area contributed by atoms with Crippen molar-refractivity contribution >= 4 is 46.3 Å². The number of nitrogens with zero attached hydrogens (tertiary/aromatic N) is 6. The van der Waals surface area contributed by atoms with Crippen LogP contribution in [0.15, 0.2) is 54.4 Å². The quantitative estimate of drug-likeness (QED) is 0.303. The number of aromatic nitrogens is 3. The smallest absolute Gasteiger partial charge is 0.253 e. The molecule has 0 saturated carbocycles. The van der Waals surface area contributed by atoms with Crippen molar-refractivity contribution in [1.29, 1.82) is 0 Å². The van der Waals surface area contributed by atoms with Crippen LogP contribution in [-0.2, 0) is 4.79 Å². The molecule has 3 heterocycles. The summed E-state index contributed by atoms with van der Waals surface area (Å²) in [4.78, 5) is 29.0. The molecule has 2 aromatic heterocycles. The van der Waals surface area contributed by atoms with Gasteiger partial charge >= 0.3 is 0 Å². The van der Waals surface area contributed by atoms with E-state index in [1.807, 2.05) is 37.3 Å². The predicted molar refractivity (Wildman–Crippen MR) is 147 cm³/mol. The Hall–Kier alpha value is -4.01. The van der Waals surface area contributed by atoms with Gasteiger partial charge in [-0.15, -0.1) is 0 Å². The van der Waals surface area contributed by atoms with E-state index in [-0.39, 0.29) is 5.91 Å². The fourth-order valence-electron chi connectivity index (χ4n) is 4.59. The molecule has 9 nitrogen and oxygen atoms in total. The molecule has 0 bridgehead atoms. The van der Waals surface area contributed by atoms with Crippen LogP contribution in [0, 0.1) is 5.41 Å². The number of fused-ring (bicyclic) bond motifs is 2. The third-order valence-corrected chi connectivity index (χ3v) is 7.00. The Bertz CT molecular complexity index is 1280. The van der Waals surface area contributed by atoms with Crippen LogP contribution in [0.4, 0.5) is 17.5 Å². The number of pyridine rings is 1. The van der Waals surface area contributed by atoms with Crippen molar-refractivity contribution in [1.82, 2.24) is 15.0 Å². The van der Waals surface area contributed by atoms with Gasteiger partial charge in [-0.1, -0.05) is 51.5 Å². The van der Waals surface area contributed by atoms with Crippen LogP contribution in [0.5, 0.6) is 0 Å². The Kier molecular flexibility index (Phi) is 7.47. The fourth-order valence-corrected chi connectivity index (χ4v) is 4.59. The number of benzene rings is 1. The zero-order chi connectivity index (χ0) is 25.7. The first-order valence-electron chi connectivity index (χ1n) is 12.4. The SMILES string of the molecule is C=C(c1cccc2ncccc12)N(/N=C\N)c1ncc2c(n1)NCCCCCC(C)(CC)C(=O)N2C. The molecule has 1 amide bonds. The van der Waals surface area contributed by atoms with Gasteiger partial charge in [0.1, 0.15) is 12.0 Å². The standard InChI is InChI=1S/C27H34N8O/c1-5-27(3)14-7-6-8-15-30-24-23(34(4)25(27)36)17-31-26(33-24)35(32-18-28)19(2)20-11-9-13-22-21(20)12-10-16-29-22/h9-13,16-18H,2,5-8,14-15H2,1,3-4H3,(H2,28,32)(H,30,31,33). The Balaban J connectivity index is 1.76. The molecule has 1 aromatic carbocycles. The maximum atomic E-state index is 13.5. The number of amides is 1. The van der Waals surface area contributed by atoms with E-state index < -0.39 is 5.41 Å². The van der Waals surface area contributed by atoms with Crippen LogP contribution in [-0.4, -0.2) is 40.8 Å². The van der Waals surface area contributed by atoms with Gasteiger partial charge in [0.15, 0.2) is 5.82 Å². The monoisotopic (exact) mass is 486 g/mol. The van der Waals surface area contributed by atoms with E-state index in [9.17, 15) is 4.79 Å². The van der Waals surface area contributed by atoms with Crippen molar-refractivity contribution in [2.24, 2.45) is 16.3 Å². The van der Waals surface area contributed by atoms with Crippen LogP contribution < -0.4 is 21.0 Å². The average molecular weight is 487 g/mol. The third kappa shape index (κ3) is 4.86. The lowest BCUT2D eigenvalue weighted by Gasteiger charge is -2.32. The van der Waals surface area contributed by atoms with Gasteiger partial charge in [-0.3, -0.25) is 9.78 Å². The van der Waals surface area contributed by atoms with E-state index in [0.717, 1.165) is 55.1 Å². The lowest BCUT2D eigenvalue weighted by Crippen LogP contribution is -2.40. The summed E-state index contributed by atoms with van der Waals surface area (Å²) < 4.78 is 0. The van der Waals surface area contributed by atoms with E-state index in [1.165, 1.54) is 11.3 Å². The molecule has 0 radical (unpaired) electrons. The molecule has 188 valence electrons. The van der Waals surface area contributed by atoms with Crippen molar-refractivity contribution in [2.75, 3.05) is 28.8 Å². The molecule has 1 aliphatic rings. The lowest BCUT2D eigenvalue weighted by molar-refractivity contribution is -0.127. The highest BCUT2D eigenvalue weighted by molar-refractivity contribution is 5.99. The highest BCUT2D eigenvalue weighted by Crippen LogP contribution is 2.36. The molecular formula is C27H34N8O. The van der Waals surface area contributed by atoms with Gasteiger partial charge in [0.05, 0.1) is 17.4 Å². The zero-order valence-electron chi connectivity index (χ0n) is 21.2. The largest absolute Gasteiger partial charge is 0.388 e. The maximum absolute atomic E-state index is 13.5. The summed E-state index contributed by atoms with van der Waals surface area (Å²) in [6.07, 6.45) is 9.27. The minimum Gasteiger partial charge on any atom is -0.388 e.